The van der Waals surface area contributed by atoms with E-state index in [1.54, 1.807) is 18.2 Å². The number of rotatable bonds is 5. The van der Waals surface area contributed by atoms with Crippen LogP contribution in [-0.4, -0.2) is 14.2 Å². The van der Waals surface area contributed by atoms with Gasteiger partial charge in [-0.25, -0.2) is 4.39 Å². The first kappa shape index (κ1) is 14.3. The molecule has 0 aromatic heterocycles. The van der Waals surface area contributed by atoms with Crippen molar-refractivity contribution >= 4 is 5.69 Å². The predicted molar refractivity (Wildman–Crippen MR) is 79.4 cm³/mol. The molecule has 0 fully saturated rings. The number of ether oxygens (including phenoxy) is 1. The molecule has 0 saturated carbocycles. The van der Waals surface area contributed by atoms with E-state index in [9.17, 15) is 4.39 Å². The summed E-state index contributed by atoms with van der Waals surface area (Å²) in [7, 11) is 3.39. The molecule has 0 radical (unpaired) electrons. The fraction of sp³-hybridized carbons (Fsp3) is 0.250. The van der Waals surface area contributed by atoms with E-state index in [2.05, 4.69) is 0 Å². The molecule has 0 aliphatic rings. The summed E-state index contributed by atoms with van der Waals surface area (Å²) in [6.45, 7) is 0.965. The van der Waals surface area contributed by atoms with Gasteiger partial charge in [-0.15, -0.1) is 0 Å². The van der Waals surface area contributed by atoms with Crippen LogP contribution in [0.5, 0.6) is 5.75 Å². The monoisotopic (exact) mass is 274 g/mol. The quantitative estimate of drug-likeness (QED) is 0.911. The van der Waals surface area contributed by atoms with Crippen LogP contribution in [0.25, 0.3) is 0 Å². The second-order valence-corrected chi connectivity index (χ2v) is 4.66. The van der Waals surface area contributed by atoms with E-state index in [4.69, 9.17) is 10.5 Å². The minimum atomic E-state index is -0.308. The van der Waals surface area contributed by atoms with Crippen LogP contribution in [0, 0.1) is 5.82 Å². The Morgan fingerprint density at radius 3 is 2.65 bits per heavy atom. The summed E-state index contributed by atoms with van der Waals surface area (Å²) in [6, 6.07) is 13.1. The van der Waals surface area contributed by atoms with Crippen LogP contribution in [0.4, 0.5) is 10.1 Å². The highest BCUT2D eigenvalue weighted by Crippen LogP contribution is 2.23. The first-order valence-corrected chi connectivity index (χ1v) is 6.47. The Labute approximate surface area is 118 Å². The van der Waals surface area contributed by atoms with Gasteiger partial charge in [0.1, 0.15) is 0 Å². The lowest BCUT2D eigenvalue weighted by Crippen LogP contribution is -2.17. The minimum absolute atomic E-state index is 0.270. The lowest BCUT2D eigenvalue weighted by atomic mass is 10.1. The number of benzene rings is 2. The van der Waals surface area contributed by atoms with Crippen molar-refractivity contribution < 1.29 is 9.13 Å². The molecule has 2 aromatic carbocycles. The van der Waals surface area contributed by atoms with Crippen molar-refractivity contribution in [3.63, 3.8) is 0 Å². The van der Waals surface area contributed by atoms with Gasteiger partial charge in [-0.05, 0) is 23.8 Å². The van der Waals surface area contributed by atoms with Gasteiger partial charge in [0.15, 0.2) is 11.6 Å². The van der Waals surface area contributed by atoms with Gasteiger partial charge in [-0.3, -0.25) is 0 Å². The molecule has 4 heteroatoms. The van der Waals surface area contributed by atoms with Crippen molar-refractivity contribution in [2.75, 3.05) is 19.1 Å². The third-order valence-electron chi connectivity index (χ3n) is 3.26. The Kier molecular flexibility index (Phi) is 4.58. The predicted octanol–water partition coefficient (Wildman–Crippen LogP) is 2.93. The van der Waals surface area contributed by atoms with Gasteiger partial charge < -0.3 is 15.4 Å². The molecule has 0 atom stereocenters. The van der Waals surface area contributed by atoms with Gasteiger partial charge in [0.2, 0.25) is 0 Å². The van der Waals surface area contributed by atoms with Gasteiger partial charge in [0, 0.05) is 31.4 Å². The Hall–Kier alpha value is -2.07. The van der Waals surface area contributed by atoms with Crippen LogP contribution in [0.3, 0.4) is 0 Å². The standard InChI is InChI=1S/C16H19FN2O/c1-19(14-7-3-5-12(9-14)10-18)11-13-6-4-8-15(20-2)16(13)17/h3-9H,10-11,18H2,1-2H3. The maximum Gasteiger partial charge on any atom is 0.170 e. The fourth-order valence-corrected chi connectivity index (χ4v) is 2.10. The summed E-state index contributed by atoms with van der Waals surface area (Å²) >= 11 is 0. The van der Waals surface area contributed by atoms with Gasteiger partial charge in [0.25, 0.3) is 0 Å². The molecule has 0 heterocycles. The summed E-state index contributed by atoms with van der Waals surface area (Å²) in [4.78, 5) is 1.98. The average Bonchev–Trinajstić information content (AvgIpc) is 2.49. The Morgan fingerprint density at radius 2 is 1.95 bits per heavy atom. The number of hydrogen-bond acceptors (Lipinski definition) is 3. The second kappa shape index (κ2) is 6.39. The van der Waals surface area contributed by atoms with E-state index < -0.39 is 0 Å². The molecule has 0 aliphatic heterocycles. The molecular weight excluding hydrogens is 255 g/mol. The van der Waals surface area contributed by atoms with Crippen LogP contribution < -0.4 is 15.4 Å². The molecular formula is C16H19FN2O. The molecule has 0 bridgehead atoms. The van der Waals surface area contributed by atoms with Gasteiger partial charge in [-0.1, -0.05) is 24.3 Å². The Morgan fingerprint density at radius 1 is 1.20 bits per heavy atom. The first-order valence-electron chi connectivity index (χ1n) is 6.47. The van der Waals surface area contributed by atoms with Crippen molar-refractivity contribution in [3.8, 4) is 5.75 Å². The molecule has 106 valence electrons. The third-order valence-corrected chi connectivity index (χ3v) is 3.26. The van der Waals surface area contributed by atoms with Crippen molar-refractivity contribution in [1.29, 1.82) is 0 Å². The van der Waals surface area contributed by atoms with Crippen LogP contribution in [0.2, 0.25) is 0 Å². The zero-order chi connectivity index (χ0) is 14.5. The smallest absolute Gasteiger partial charge is 0.170 e. The molecule has 20 heavy (non-hydrogen) atoms. The Bertz CT molecular complexity index is 586. The molecule has 0 spiro atoms. The normalized spacial score (nSPS) is 10.4. The number of halogens is 1. The zero-order valence-electron chi connectivity index (χ0n) is 11.8. The van der Waals surface area contributed by atoms with E-state index in [0.717, 1.165) is 11.3 Å². The SMILES string of the molecule is COc1cccc(CN(C)c2cccc(CN)c2)c1F. The molecule has 2 N–H and O–H groups in total. The van der Waals surface area contributed by atoms with Crippen LogP contribution in [-0.2, 0) is 13.1 Å². The number of methoxy groups -OCH3 is 1. The molecule has 0 unspecified atom stereocenters. The van der Waals surface area contributed by atoms with Crippen molar-refractivity contribution in [3.05, 3.63) is 59.4 Å². The maximum absolute atomic E-state index is 14.1. The van der Waals surface area contributed by atoms with E-state index >= 15 is 0 Å². The number of nitrogens with two attached hydrogens (primary N) is 1. The third kappa shape index (κ3) is 3.08. The van der Waals surface area contributed by atoms with Crippen molar-refractivity contribution in [2.24, 2.45) is 5.73 Å². The van der Waals surface area contributed by atoms with E-state index in [0.29, 0.717) is 18.7 Å². The highest BCUT2D eigenvalue weighted by atomic mass is 19.1. The number of anilines is 1. The average molecular weight is 274 g/mol. The summed E-state index contributed by atoms with van der Waals surface area (Å²) in [5.41, 5.74) is 8.31. The van der Waals surface area contributed by atoms with Crippen molar-refractivity contribution in [1.82, 2.24) is 0 Å². The number of hydrogen-bond donors (Lipinski definition) is 1. The molecule has 2 aromatic rings. The van der Waals surface area contributed by atoms with Gasteiger partial charge in [-0.2, -0.15) is 0 Å². The summed E-state index contributed by atoms with van der Waals surface area (Å²) in [6.07, 6.45) is 0. The van der Waals surface area contributed by atoms with Crippen LogP contribution in [0.15, 0.2) is 42.5 Å². The highest BCUT2D eigenvalue weighted by Gasteiger charge is 2.11. The molecule has 0 saturated heterocycles. The molecule has 3 nitrogen and oxygen atoms in total. The first-order chi connectivity index (χ1) is 9.65. The highest BCUT2D eigenvalue weighted by molar-refractivity contribution is 5.49. The topological polar surface area (TPSA) is 38.5 Å². The lowest BCUT2D eigenvalue weighted by Gasteiger charge is -2.21. The summed E-state index contributed by atoms with van der Waals surface area (Å²) < 4.78 is 19.1. The van der Waals surface area contributed by atoms with E-state index in [1.165, 1.54) is 7.11 Å². The molecule has 0 aliphatic carbocycles. The lowest BCUT2D eigenvalue weighted by molar-refractivity contribution is 0.384. The van der Waals surface area contributed by atoms with Gasteiger partial charge in [0.05, 0.1) is 7.11 Å². The molecule has 2 rings (SSSR count). The van der Waals surface area contributed by atoms with Crippen molar-refractivity contribution in [2.45, 2.75) is 13.1 Å². The summed E-state index contributed by atoms with van der Waals surface area (Å²) in [5, 5.41) is 0. The largest absolute Gasteiger partial charge is 0.494 e. The zero-order valence-corrected chi connectivity index (χ0v) is 11.8. The molecule has 0 amide bonds. The van der Waals surface area contributed by atoms with Crippen LogP contribution in [0.1, 0.15) is 11.1 Å². The summed E-state index contributed by atoms with van der Waals surface area (Å²) in [5.74, 6) is -0.0385. The maximum atomic E-state index is 14.1. The minimum Gasteiger partial charge on any atom is -0.494 e. The van der Waals surface area contributed by atoms with Gasteiger partial charge >= 0.3 is 0 Å². The fourth-order valence-electron chi connectivity index (χ4n) is 2.10. The second-order valence-electron chi connectivity index (χ2n) is 4.66. The number of nitrogens with zero attached hydrogens (tertiary/aromatic N) is 1. The van der Waals surface area contributed by atoms with Crippen LogP contribution >= 0.6 is 0 Å². The van der Waals surface area contributed by atoms with E-state index in [1.807, 2.05) is 36.2 Å². The Balaban J connectivity index is 2.21. The van der Waals surface area contributed by atoms with E-state index in [-0.39, 0.29) is 11.6 Å².